The number of pyridine rings is 1. The van der Waals surface area contributed by atoms with Gasteiger partial charge in [-0.25, -0.2) is 19.7 Å². The van der Waals surface area contributed by atoms with E-state index >= 15 is 0 Å². The molecule has 0 spiro atoms. The largest absolute Gasteiger partial charge is 0.497 e. The predicted molar refractivity (Wildman–Crippen MR) is 132 cm³/mol. The van der Waals surface area contributed by atoms with Gasteiger partial charge in [0.05, 0.1) is 18.4 Å². The van der Waals surface area contributed by atoms with Crippen molar-refractivity contribution in [3.63, 3.8) is 0 Å². The Morgan fingerprint density at radius 2 is 1.74 bits per heavy atom. The summed E-state index contributed by atoms with van der Waals surface area (Å²) < 4.78 is 11.3. The molecule has 2 heterocycles. The number of hydrogen-bond acceptors (Lipinski definition) is 7. The number of benzene rings is 2. The van der Waals surface area contributed by atoms with Crippen molar-refractivity contribution < 1.29 is 14.3 Å². The molecule has 4 rings (SSSR count). The van der Waals surface area contributed by atoms with Gasteiger partial charge in [0.25, 0.3) is 0 Å². The lowest BCUT2D eigenvalue weighted by atomic mass is 10.2. The van der Waals surface area contributed by atoms with E-state index in [4.69, 9.17) is 9.47 Å². The second kappa shape index (κ2) is 10.3. The Hall–Kier alpha value is -4.66. The maximum Gasteiger partial charge on any atom is 0.323 e. The molecule has 9 nitrogen and oxygen atoms in total. The monoisotopic (exact) mass is 456 g/mol. The van der Waals surface area contributed by atoms with Gasteiger partial charge in [-0.3, -0.25) is 0 Å². The third kappa shape index (κ3) is 5.39. The summed E-state index contributed by atoms with van der Waals surface area (Å²) in [6.45, 7) is 1.90. The average molecular weight is 457 g/mol. The van der Waals surface area contributed by atoms with Gasteiger partial charge < -0.3 is 25.4 Å². The number of carbonyl (C=O) groups excluding carboxylic acids is 1. The smallest absolute Gasteiger partial charge is 0.323 e. The van der Waals surface area contributed by atoms with Gasteiger partial charge >= 0.3 is 6.03 Å². The fourth-order valence-electron chi connectivity index (χ4n) is 3.24. The number of urea groups is 1. The van der Waals surface area contributed by atoms with Crippen molar-refractivity contribution in [1.82, 2.24) is 15.0 Å². The van der Waals surface area contributed by atoms with Crippen LogP contribution in [0.4, 0.5) is 22.1 Å². The van der Waals surface area contributed by atoms with Gasteiger partial charge in [0.15, 0.2) is 0 Å². The Labute approximate surface area is 197 Å². The summed E-state index contributed by atoms with van der Waals surface area (Å²) in [7, 11) is 3.34. The van der Waals surface area contributed by atoms with Crippen molar-refractivity contribution in [2.24, 2.45) is 0 Å². The SMILES string of the molecule is CNc1nccc(-c2cccnc2Oc2ccc(NC(=O)Nc3cccc(OC)c3)cc2C)n1. The Kier molecular flexibility index (Phi) is 6.83. The van der Waals surface area contributed by atoms with E-state index in [1.165, 1.54) is 0 Å². The summed E-state index contributed by atoms with van der Waals surface area (Å²) in [5.74, 6) is 2.20. The lowest BCUT2D eigenvalue weighted by Crippen LogP contribution is -2.19. The maximum absolute atomic E-state index is 12.4. The van der Waals surface area contributed by atoms with Crippen LogP contribution in [0.3, 0.4) is 0 Å². The number of ether oxygens (including phenoxy) is 2. The number of amides is 2. The summed E-state index contributed by atoms with van der Waals surface area (Å²) in [5, 5.41) is 8.54. The second-order valence-corrected chi connectivity index (χ2v) is 7.27. The molecule has 0 aliphatic carbocycles. The molecular formula is C25H24N6O3. The fraction of sp³-hybridized carbons (Fsp3) is 0.120. The molecule has 0 saturated carbocycles. The molecular weight excluding hydrogens is 432 g/mol. The fourth-order valence-corrected chi connectivity index (χ4v) is 3.24. The highest BCUT2D eigenvalue weighted by Crippen LogP contribution is 2.33. The van der Waals surface area contributed by atoms with Crippen LogP contribution in [0.15, 0.2) is 73.1 Å². The molecule has 172 valence electrons. The zero-order chi connectivity index (χ0) is 23.9. The van der Waals surface area contributed by atoms with Crippen molar-refractivity contribution in [1.29, 1.82) is 0 Å². The van der Waals surface area contributed by atoms with E-state index in [9.17, 15) is 4.79 Å². The molecule has 9 heteroatoms. The Bertz CT molecular complexity index is 1310. The number of aryl methyl sites for hydroxylation is 1. The van der Waals surface area contributed by atoms with Gasteiger partial charge in [0.2, 0.25) is 11.8 Å². The van der Waals surface area contributed by atoms with Gasteiger partial charge in [-0.1, -0.05) is 6.07 Å². The van der Waals surface area contributed by atoms with Gasteiger partial charge in [-0.15, -0.1) is 0 Å². The van der Waals surface area contributed by atoms with Crippen LogP contribution < -0.4 is 25.4 Å². The summed E-state index contributed by atoms with van der Waals surface area (Å²) in [5.41, 5.74) is 3.51. The van der Waals surface area contributed by atoms with E-state index in [2.05, 4.69) is 30.9 Å². The number of carbonyl (C=O) groups is 1. The second-order valence-electron chi connectivity index (χ2n) is 7.27. The zero-order valence-corrected chi connectivity index (χ0v) is 19.0. The standard InChI is InChI=1S/C25H24N6O3/c1-16-14-18(30-25(32)29-17-6-4-7-19(15-17)33-3)9-10-22(16)34-23-20(8-5-12-27-23)21-11-13-28-24(26-2)31-21/h4-15H,1-3H3,(H,26,28,31)(H2,29,30,32). The number of nitrogens with one attached hydrogen (secondary N) is 3. The highest BCUT2D eigenvalue weighted by atomic mass is 16.5. The molecule has 2 aromatic heterocycles. The Balaban J connectivity index is 1.48. The lowest BCUT2D eigenvalue weighted by Gasteiger charge is -2.13. The molecule has 0 bridgehead atoms. The molecule has 0 unspecified atom stereocenters. The summed E-state index contributed by atoms with van der Waals surface area (Å²) in [6.07, 6.45) is 3.33. The van der Waals surface area contributed by atoms with Crippen molar-refractivity contribution in [3.05, 3.63) is 78.6 Å². The Morgan fingerprint density at radius 3 is 2.50 bits per heavy atom. The number of anilines is 3. The first-order chi connectivity index (χ1) is 16.6. The van der Waals surface area contributed by atoms with Crippen molar-refractivity contribution in [3.8, 4) is 28.6 Å². The van der Waals surface area contributed by atoms with Gasteiger partial charge in [0.1, 0.15) is 11.5 Å². The molecule has 3 N–H and O–H groups in total. The summed E-state index contributed by atoms with van der Waals surface area (Å²) in [4.78, 5) is 25.4. The Morgan fingerprint density at radius 1 is 0.912 bits per heavy atom. The first-order valence-corrected chi connectivity index (χ1v) is 10.5. The van der Waals surface area contributed by atoms with Crippen LogP contribution in [0.1, 0.15) is 5.56 Å². The quantitative estimate of drug-likeness (QED) is 0.345. The highest BCUT2D eigenvalue weighted by Gasteiger charge is 2.13. The van der Waals surface area contributed by atoms with Crippen LogP contribution in [0.25, 0.3) is 11.3 Å². The van der Waals surface area contributed by atoms with Crippen molar-refractivity contribution in [2.45, 2.75) is 6.92 Å². The first kappa shape index (κ1) is 22.5. The molecule has 0 aliphatic rings. The minimum absolute atomic E-state index is 0.363. The van der Waals surface area contributed by atoms with Crippen LogP contribution in [0.2, 0.25) is 0 Å². The number of aromatic nitrogens is 3. The minimum Gasteiger partial charge on any atom is -0.497 e. The number of hydrogen-bond donors (Lipinski definition) is 3. The van der Waals surface area contributed by atoms with Gasteiger partial charge in [-0.2, -0.15) is 0 Å². The van der Waals surface area contributed by atoms with Crippen LogP contribution in [-0.4, -0.2) is 35.1 Å². The van der Waals surface area contributed by atoms with E-state index in [-0.39, 0.29) is 6.03 Å². The van der Waals surface area contributed by atoms with Crippen LogP contribution in [-0.2, 0) is 0 Å². The lowest BCUT2D eigenvalue weighted by molar-refractivity contribution is 0.262. The third-order valence-electron chi connectivity index (χ3n) is 4.89. The first-order valence-electron chi connectivity index (χ1n) is 10.5. The molecule has 0 fully saturated rings. The average Bonchev–Trinajstić information content (AvgIpc) is 2.86. The van der Waals surface area contributed by atoms with Crippen LogP contribution >= 0.6 is 0 Å². The van der Waals surface area contributed by atoms with E-state index in [0.29, 0.717) is 40.4 Å². The van der Waals surface area contributed by atoms with Crippen LogP contribution in [0.5, 0.6) is 17.4 Å². The van der Waals surface area contributed by atoms with Crippen LogP contribution in [0, 0.1) is 6.92 Å². The number of rotatable bonds is 7. The zero-order valence-electron chi connectivity index (χ0n) is 19.0. The van der Waals surface area contributed by atoms with E-state index in [1.807, 2.05) is 31.2 Å². The van der Waals surface area contributed by atoms with Crippen molar-refractivity contribution in [2.75, 3.05) is 30.1 Å². The third-order valence-corrected chi connectivity index (χ3v) is 4.89. The molecule has 0 radical (unpaired) electrons. The molecule has 4 aromatic rings. The summed E-state index contributed by atoms with van der Waals surface area (Å²) >= 11 is 0. The minimum atomic E-state index is -0.363. The van der Waals surface area contributed by atoms with E-state index < -0.39 is 0 Å². The highest BCUT2D eigenvalue weighted by molar-refractivity contribution is 5.99. The molecule has 0 aliphatic heterocycles. The van der Waals surface area contributed by atoms with Crippen molar-refractivity contribution >= 4 is 23.4 Å². The van der Waals surface area contributed by atoms with Gasteiger partial charge in [-0.05, 0) is 61.0 Å². The van der Waals surface area contributed by atoms with Gasteiger partial charge in [0, 0.05) is 36.9 Å². The predicted octanol–water partition coefficient (Wildman–Crippen LogP) is 5.33. The number of methoxy groups -OCH3 is 1. The van der Waals surface area contributed by atoms with E-state index in [1.54, 1.807) is 62.9 Å². The summed E-state index contributed by atoms with van der Waals surface area (Å²) in [6, 6.07) is 17.7. The molecule has 2 amide bonds. The topological polar surface area (TPSA) is 110 Å². The molecule has 0 atom stereocenters. The normalized spacial score (nSPS) is 10.3. The molecule has 34 heavy (non-hydrogen) atoms. The maximum atomic E-state index is 12.4. The van der Waals surface area contributed by atoms with E-state index in [0.717, 1.165) is 11.1 Å². The molecule has 2 aromatic carbocycles. The molecule has 0 saturated heterocycles. The number of nitrogens with zero attached hydrogens (tertiary/aromatic N) is 3.